The first kappa shape index (κ1) is 21.8. The summed E-state index contributed by atoms with van der Waals surface area (Å²) in [6.45, 7) is 1.98. The highest BCUT2D eigenvalue weighted by molar-refractivity contribution is 6.07. The molecule has 0 aliphatic carbocycles. The largest absolute Gasteiger partial charge is 0.496 e. The molecule has 0 saturated carbocycles. The summed E-state index contributed by atoms with van der Waals surface area (Å²) < 4.78 is 13.9. The van der Waals surface area contributed by atoms with Gasteiger partial charge in [-0.1, -0.05) is 12.1 Å². The summed E-state index contributed by atoms with van der Waals surface area (Å²) in [4.78, 5) is 32.5. The van der Waals surface area contributed by atoms with Crippen molar-refractivity contribution < 1.29 is 19.1 Å². The Balaban J connectivity index is 1.40. The second kappa shape index (κ2) is 9.06. The number of methoxy groups -OCH3 is 1. The minimum absolute atomic E-state index is 0.107. The number of hydrogen-bond donors (Lipinski definition) is 0. The predicted octanol–water partition coefficient (Wildman–Crippen LogP) is 2.04. The lowest BCUT2D eigenvalue weighted by Crippen LogP contribution is -2.41. The van der Waals surface area contributed by atoms with E-state index >= 15 is 0 Å². The van der Waals surface area contributed by atoms with Gasteiger partial charge in [0, 0.05) is 32.8 Å². The molecule has 1 aliphatic heterocycles. The summed E-state index contributed by atoms with van der Waals surface area (Å²) in [6.07, 6.45) is 3.34. The van der Waals surface area contributed by atoms with Gasteiger partial charge in [0.2, 0.25) is 0 Å². The van der Waals surface area contributed by atoms with Gasteiger partial charge < -0.3 is 14.4 Å². The second-order valence-corrected chi connectivity index (χ2v) is 8.01. The smallest absolute Gasteiger partial charge is 0.257 e. The van der Waals surface area contributed by atoms with Crippen molar-refractivity contribution in [1.29, 1.82) is 0 Å². The Morgan fingerprint density at radius 3 is 2.74 bits per heavy atom. The van der Waals surface area contributed by atoms with Crippen LogP contribution >= 0.6 is 0 Å². The lowest BCUT2D eigenvalue weighted by atomic mass is 10.0. The average molecular weight is 460 g/mol. The lowest BCUT2D eigenvalue weighted by molar-refractivity contribution is 0.0301. The Hall–Kier alpha value is -4.05. The Kier molecular flexibility index (Phi) is 5.81. The van der Waals surface area contributed by atoms with Gasteiger partial charge in [-0.25, -0.2) is 9.50 Å². The van der Waals surface area contributed by atoms with E-state index in [1.165, 1.54) is 10.9 Å². The van der Waals surface area contributed by atoms with E-state index in [1.807, 2.05) is 36.4 Å². The van der Waals surface area contributed by atoms with Crippen LogP contribution in [-0.4, -0.2) is 74.4 Å². The van der Waals surface area contributed by atoms with Gasteiger partial charge >= 0.3 is 0 Å². The Bertz CT molecular complexity index is 1370. The number of morpholine rings is 1. The minimum atomic E-state index is -0.200. The standard InChI is InChI=1S/C24H24N6O4/c1-28-22(18(15-25-28)24(32)29-9-11-34-12-10-29)19(31)13-16-7-8-30-21(14-16)26-23(27-30)17-5-3-4-6-20(17)33-2/h3-8,14-15H,9-13H2,1-2H3. The lowest BCUT2D eigenvalue weighted by Gasteiger charge is -2.26. The molecule has 3 aromatic heterocycles. The summed E-state index contributed by atoms with van der Waals surface area (Å²) in [5.74, 6) is 0.827. The number of carbonyl (C=O) groups is 2. The number of nitrogens with zero attached hydrogens (tertiary/aromatic N) is 6. The van der Waals surface area contributed by atoms with Crippen LogP contribution in [0.15, 0.2) is 48.8 Å². The predicted molar refractivity (Wildman–Crippen MR) is 123 cm³/mol. The topological polar surface area (TPSA) is 104 Å². The summed E-state index contributed by atoms with van der Waals surface area (Å²) >= 11 is 0. The highest BCUT2D eigenvalue weighted by atomic mass is 16.5. The maximum Gasteiger partial charge on any atom is 0.257 e. The van der Waals surface area contributed by atoms with Crippen molar-refractivity contribution in [2.24, 2.45) is 7.05 Å². The van der Waals surface area contributed by atoms with Crippen LogP contribution in [0.2, 0.25) is 0 Å². The molecule has 10 heteroatoms. The number of benzene rings is 1. The number of Topliss-reactive ketones (excluding diaryl/α,β-unsaturated/α-hetero) is 1. The molecule has 1 amide bonds. The van der Waals surface area contributed by atoms with E-state index in [0.29, 0.717) is 54.8 Å². The number of para-hydroxylation sites is 1. The van der Waals surface area contributed by atoms with E-state index in [4.69, 9.17) is 9.47 Å². The molecule has 0 bridgehead atoms. The van der Waals surface area contributed by atoms with Crippen LogP contribution in [0.3, 0.4) is 0 Å². The average Bonchev–Trinajstić information content (AvgIpc) is 3.47. The third-order valence-electron chi connectivity index (χ3n) is 5.85. The molecule has 1 aromatic carbocycles. The number of amides is 1. The van der Waals surface area contributed by atoms with Crippen LogP contribution in [0.1, 0.15) is 26.4 Å². The molecule has 4 heterocycles. The zero-order valence-electron chi connectivity index (χ0n) is 19.0. The number of ether oxygens (including phenoxy) is 2. The maximum absolute atomic E-state index is 13.2. The first-order valence-electron chi connectivity index (χ1n) is 11.0. The van der Waals surface area contributed by atoms with Gasteiger partial charge in [-0.3, -0.25) is 14.3 Å². The monoisotopic (exact) mass is 460 g/mol. The van der Waals surface area contributed by atoms with Crippen molar-refractivity contribution in [3.8, 4) is 17.1 Å². The number of hydrogen-bond acceptors (Lipinski definition) is 7. The SMILES string of the molecule is COc1ccccc1-c1nc2cc(CC(=O)c3c(C(=O)N4CCOCC4)cnn3C)ccn2n1. The molecule has 1 aliphatic rings. The molecular formula is C24H24N6O4. The normalized spacial score (nSPS) is 13.9. The molecule has 1 fully saturated rings. The number of aryl methyl sites for hydroxylation is 1. The Morgan fingerprint density at radius 1 is 1.15 bits per heavy atom. The van der Waals surface area contributed by atoms with Crippen LogP contribution in [-0.2, 0) is 18.2 Å². The van der Waals surface area contributed by atoms with Gasteiger partial charge in [0.25, 0.3) is 5.91 Å². The van der Waals surface area contributed by atoms with Crippen molar-refractivity contribution in [1.82, 2.24) is 29.3 Å². The molecule has 34 heavy (non-hydrogen) atoms. The molecule has 1 saturated heterocycles. The van der Waals surface area contributed by atoms with Crippen LogP contribution < -0.4 is 4.74 Å². The van der Waals surface area contributed by atoms with Gasteiger partial charge in [0.1, 0.15) is 11.4 Å². The van der Waals surface area contributed by atoms with E-state index in [1.54, 1.807) is 29.8 Å². The highest BCUT2D eigenvalue weighted by Crippen LogP contribution is 2.27. The number of aromatic nitrogens is 5. The van der Waals surface area contributed by atoms with Crippen LogP contribution in [0, 0.1) is 0 Å². The number of carbonyl (C=O) groups excluding carboxylic acids is 2. The first-order chi connectivity index (χ1) is 16.5. The van der Waals surface area contributed by atoms with E-state index in [2.05, 4.69) is 15.2 Å². The third kappa shape index (κ3) is 4.03. The minimum Gasteiger partial charge on any atom is -0.496 e. The van der Waals surface area contributed by atoms with Crippen LogP contribution in [0.5, 0.6) is 5.75 Å². The zero-order valence-corrected chi connectivity index (χ0v) is 19.0. The second-order valence-electron chi connectivity index (χ2n) is 8.01. The fourth-order valence-corrected chi connectivity index (χ4v) is 4.11. The molecule has 0 spiro atoms. The van der Waals surface area contributed by atoms with Gasteiger partial charge in [-0.15, -0.1) is 5.10 Å². The summed E-state index contributed by atoms with van der Waals surface area (Å²) in [5.41, 5.74) is 2.78. The molecule has 5 rings (SSSR count). The fraction of sp³-hybridized carbons (Fsp3) is 0.292. The number of ketones is 1. The van der Waals surface area contributed by atoms with E-state index in [9.17, 15) is 9.59 Å². The Morgan fingerprint density at radius 2 is 1.94 bits per heavy atom. The van der Waals surface area contributed by atoms with Gasteiger partial charge in [-0.05, 0) is 29.8 Å². The molecule has 0 N–H and O–H groups in total. The zero-order chi connectivity index (χ0) is 23.7. The summed E-state index contributed by atoms with van der Waals surface area (Å²) in [7, 11) is 3.28. The molecule has 174 valence electrons. The van der Waals surface area contributed by atoms with Crippen molar-refractivity contribution >= 4 is 17.3 Å². The summed E-state index contributed by atoms with van der Waals surface area (Å²) in [5, 5.41) is 8.71. The van der Waals surface area contributed by atoms with Crippen molar-refractivity contribution in [3.63, 3.8) is 0 Å². The summed E-state index contributed by atoms with van der Waals surface area (Å²) in [6, 6.07) is 11.2. The third-order valence-corrected chi connectivity index (χ3v) is 5.85. The molecular weight excluding hydrogens is 436 g/mol. The molecule has 10 nitrogen and oxygen atoms in total. The quantitative estimate of drug-likeness (QED) is 0.406. The molecule has 0 atom stereocenters. The Labute approximate surface area is 195 Å². The fourth-order valence-electron chi connectivity index (χ4n) is 4.11. The van der Waals surface area contributed by atoms with Crippen LogP contribution in [0.4, 0.5) is 0 Å². The van der Waals surface area contributed by atoms with Crippen molar-refractivity contribution in [2.75, 3.05) is 33.4 Å². The van der Waals surface area contributed by atoms with Crippen molar-refractivity contribution in [3.05, 3.63) is 65.6 Å². The van der Waals surface area contributed by atoms with Crippen molar-refractivity contribution in [2.45, 2.75) is 6.42 Å². The number of pyridine rings is 1. The maximum atomic E-state index is 13.2. The van der Waals surface area contributed by atoms with E-state index in [0.717, 1.165) is 11.1 Å². The van der Waals surface area contributed by atoms with E-state index < -0.39 is 0 Å². The van der Waals surface area contributed by atoms with Gasteiger partial charge in [0.05, 0.1) is 37.6 Å². The number of fused-ring (bicyclic) bond motifs is 1. The molecule has 4 aromatic rings. The number of rotatable bonds is 6. The molecule has 0 radical (unpaired) electrons. The van der Waals surface area contributed by atoms with E-state index in [-0.39, 0.29) is 18.1 Å². The van der Waals surface area contributed by atoms with Gasteiger partial charge in [-0.2, -0.15) is 5.10 Å². The highest BCUT2D eigenvalue weighted by Gasteiger charge is 2.27. The van der Waals surface area contributed by atoms with Gasteiger partial charge in [0.15, 0.2) is 17.3 Å². The van der Waals surface area contributed by atoms with Crippen LogP contribution in [0.25, 0.3) is 17.0 Å². The molecule has 0 unspecified atom stereocenters. The first-order valence-corrected chi connectivity index (χ1v) is 11.0.